The van der Waals surface area contributed by atoms with Crippen LogP contribution in [-0.4, -0.2) is 51.9 Å². The van der Waals surface area contributed by atoms with Crippen molar-refractivity contribution >= 4 is 28.4 Å². The molecule has 4 rings (SSSR count). The highest BCUT2D eigenvalue weighted by Gasteiger charge is 2.19. The first kappa shape index (κ1) is 22.5. The fourth-order valence-corrected chi connectivity index (χ4v) is 4.74. The number of hydrogen-bond acceptors (Lipinski definition) is 5. The molecule has 1 aromatic heterocycles. The number of likely N-dealkylation sites (tertiary alicyclic amines) is 1. The van der Waals surface area contributed by atoms with Gasteiger partial charge in [0.05, 0.1) is 10.9 Å². The summed E-state index contributed by atoms with van der Waals surface area (Å²) in [6, 6.07) is 5.62. The molecule has 0 bridgehead atoms. The van der Waals surface area contributed by atoms with Crippen LogP contribution in [0.25, 0.3) is 10.9 Å². The van der Waals surface area contributed by atoms with E-state index in [0.29, 0.717) is 35.7 Å². The third-order valence-electron chi connectivity index (χ3n) is 6.63. The fourth-order valence-electron chi connectivity index (χ4n) is 4.74. The Hall–Kier alpha value is -2.74. The number of anilines is 1. The summed E-state index contributed by atoms with van der Waals surface area (Å²) in [6.45, 7) is 5.41. The van der Waals surface area contributed by atoms with E-state index in [-0.39, 0.29) is 5.56 Å². The number of fused-ring (bicyclic) bond motifs is 2. The number of hydrogen-bond donors (Lipinski definition) is 2. The normalized spacial score (nSPS) is 19.2. The molecule has 2 N–H and O–H groups in total. The van der Waals surface area contributed by atoms with Gasteiger partial charge in [0.25, 0.3) is 5.56 Å². The number of piperidine rings is 1. The van der Waals surface area contributed by atoms with E-state index in [2.05, 4.69) is 27.4 Å². The molecule has 2 aliphatic heterocycles. The zero-order valence-electron chi connectivity index (χ0n) is 18.9. The SMILES string of the molecule is C[C@@H]1CCCCN1CCCNC(=O)C(=O)Nc1ccc2nc3n(c(=O)c2c1)CCCCC3. The van der Waals surface area contributed by atoms with Crippen molar-refractivity contribution < 1.29 is 9.59 Å². The molecular weight excluding hydrogens is 406 g/mol. The molecule has 3 heterocycles. The number of aryl methyl sites for hydroxylation is 1. The first-order valence-corrected chi connectivity index (χ1v) is 11.9. The second kappa shape index (κ2) is 10.3. The number of rotatable bonds is 5. The number of nitrogens with one attached hydrogen (secondary N) is 2. The molecule has 32 heavy (non-hydrogen) atoms. The minimum Gasteiger partial charge on any atom is -0.348 e. The van der Waals surface area contributed by atoms with Crippen LogP contribution in [0.3, 0.4) is 0 Å². The highest BCUT2D eigenvalue weighted by atomic mass is 16.2. The molecule has 2 amide bonds. The molecule has 1 saturated heterocycles. The van der Waals surface area contributed by atoms with E-state index in [1.807, 2.05) is 0 Å². The maximum Gasteiger partial charge on any atom is 0.313 e. The molecule has 8 nitrogen and oxygen atoms in total. The Bertz CT molecular complexity index is 1050. The smallest absolute Gasteiger partial charge is 0.313 e. The summed E-state index contributed by atoms with van der Waals surface area (Å²) < 4.78 is 1.75. The predicted molar refractivity (Wildman–Crippen MR) is 125 cm³/mol. The van der Waals surface area contributed by atoms with Crippen LogP contribution in [0.15, 0.2) is 23.0 Å². The minimum absolute atomic E-state index is 0.0839. The van der Waals surface area contributed by atoms with Crippen LogP contribution >= 0.6 is 0 Å². The van der Waals surface area contributed by atoms with Crippen molar-refractivity contribution in [1.82, 2.24) is 19.8 Å². The Morgan fingerprint density at radius 2 is 1.94 bits per heavy atom. The highest BCUT2D eigenvalue weighted by molar-refractivity contribution is 6.39. The first-order valence-electron chi connectivity index (χ1n) is 11.9. The summed E-state index contributed by atoms with van der Waals surface area (Å²) in [6.07, 6.45) is 8.45. The Labute approximate surface area is 188 Å². The maximum absolute atomic E-state index is 13.0. The van der Waals surface area contributed by atoms with Crippen LogP contribution in [0, 0.1) is 0 Å². The second-order valence-corrected chi connectivity index (χ2v) is 8.97. The summed E-state index contributed by atoms with van der Waals surface area (Å²) in [4.78, 5) is 44.6. The zero-order valence-corrected chi connectivity index (χ0v) is 18.9. The van der Waals surface area contributed by atoms with Crippen LogP contribution in [0.1, 0.15) is 57.7 Å². The van der Waals surface area contributed by atoms with Crippen LogP contribution < -0.4 is 16.2 Å². The molecule has 0 unspecified atom stereocenters. The quantitative estimate of drug-likeness (QED) is 0.551. The number of nitrogens with zero attached hydrogens (tertiary/aromatic N) is 3. The molecule has 1 aromatic carbocycles. The number of aromatic nitrogens is 2. The van der Waals surface area contributed by atoms with E-state index < -0.39 is 11.8 Å². The number of benzene rings is 1. The van der Waals surface area contributed by atoms with Gasteiger partial charge >= 0.3 is 11.8 Å². The van der Waals surface area contributed by atoms with Gasteiger partial charge in [0.1, 0.15) is 5.82 Å². The molecule has 0 radical (unpaired) electrons. The van der Waals surface area contributed by atoms with Crippen molar-refractivity contribution in [3.05, 3.63) is 34.4 Å². The van der Waals surface area contributed by atoms with Gasteiger partial charge in [-0.05, 0) is 63.8 Å². The molecule has 0 saturated carbocycles. The van der Waals surface area contributed by atoms with Gasteiger partial charge in [-0.2, -0.15) is 0 Å². The largest absolute Gasteiger partial charge is 0.348 e. The first-order chi connectivity index (χ1) is 15.5. The van der Waals surface area contributed by atoms with E-state index >= 15 is 0 Å². The summed E-state index contributed by atoms with van der Waals surface area (Å²) >= 11 is 0. The minimum atomic E-state index is -0.724. The standard InChI is InChI=1S/C24H33N5O3/c1-17-8-4-6-13-28(17)14-7-12-25-22(30)23(31)26-18-10-11-20-19(16-18)24(32)29-15-5-2-3-9-21(29)27-20/h10-11,16-17H,2-9,12-15H2,1H3,(H,25,30)(H,26,31)/t17-/m1/s1. The average Bonchev–Trinajstić information content (AvgIpc) is 3.04. The number of amides is 2. The monoisotopic (exact) mass is 439 g/mol. The lowest BCUT2D eigenvalue weighted by Crippen LogP contribution is -2.40. The van der Waals surface area contributed by atoms with Gasteiger partial charge < -0.3 is 15.5 Å². The summed E-state index contributed by atoms with van der Waals surface area (Å²) in [7, 11) is 0. The van der Waals surface area contributed by atoms with E-state index in [9.17, 15) is 14.4 Å². The van der Waals surface area contributed by atoms with Crippen LogP contribution in [-0.2, 0) is 22.6 Å². The summed E-state index contributed by atoms with van der Waals surface area (Å²) in [5, 5.41) is 5.77. The van der Waals surface area contributed by atoms with E-state index in [1.54, 1.807) is 22.8 Å². The Balaban J connectivity index is 1.34. The lowest BCUT2D eigenvalue weighted by atomic mass is 10.0. The maximum atomic E-state index is 13.0. The predicted octanol–water partition coefficient (Wildman–Crippen LogP) is 2.44. The van der Waals surface area contributed by atoms with E-state index in [1.165, 1.54) is 19.3 Å². The molecule has 0 spiro atoms. The summed E-state index contributed by atoms with van der Waals surface area (Å²) in [5.74, 6) is -0.554. The molecule has 2 aliphatic rings. The van der Waals surface area contributed by atoms with Crippen LogP contribution in [0.2, 0.25) is 0 Å². The van der Waals surface area contributed by atoms with Gasteiger partial charge in [-0.25, -0.2) is 4.98 Å². The zero-order chi connectivity index (χ0) is 22.5. The van der Waals surface area contributed by atoms with E-state index in [4.69, 9.17) is 0 Å². The van der Waals surface area contributed by atoms with Gasteiger partial charge in [-0.1, -0.05) is 12.8 Å². The van der Waals surface area contributed by atoms with Gasteiger partial charge in [-0.15, -0.1) is 0 Å². The van der Waals surface area contributed by atoms with Gasteiger partial charge in [-0.3, -0.25) is 19.0 Å². The topological polar surface area (TPSA) is 96.3 Å². The third kappa shape index (κ3) is 5.18. The molecular formula is C24H33N5O3. The lowest BCUT2D eigenvalue weighted by molar-refractivity contribution is -0.136. The Morgan fingerprint density at radius 1 is 1.09 bits per heavy atom. The van der Waals surface area contributed by atoms with Crippen molar-refractivity contribution in [1.29, 1.82) is 0 Å². The molecule has 1 fully saturated rings. The van der Waals surface area contributed by atoms with Crippen molar-refractivity contribution in [3.63, 3.8) is 0 Å². The van der Waals surface area contributed by atoms with Crippen molar-refractivity contribution in [2.24, 2.45) is 0 Å². The molecule has 0 aliphatic carbocycles. The number of carbonyl (C=O) groups excluding carboxylic acids is 2. The summed E-state index contributed by atoms with van der Waals surface area (Å²) in [5.41, 5.74) is 0.963. The van der Waals surface area contributed by atoms with Crippen LogP contribution in [0.4, 0.5) is 5.69 Å². The molecule has 172 valence electrons. The van der Waals surface area contributed by atoms with E-state index in [0.717, 1.165) is 51.0 Å². The van der Waals surface area contributed by atoms with Crippen molar-refractivity contribution in [2.45, 2.75) is 70.9 Å². The highest BCUT2D eigenvalue weighted by Crippen LogP contribution is 2.19. The second-order valence-electron chi connectivity index (χ2n) is 8.97. The van der Waals surface area contributed by atoms with Crippen molar-refractivity contribution in [2.75, 3.05) is 25.0 Å². The van der Waals surface area contributed by atoms with Gasteiger partial charge in [0, 0.05) is 37.8 Å². The van der Waals surface area contributed by atoms with Crippen LogP contribution in [0.5, 0.6) is 0 Å². The fraction of sp³-hybridized carbons (Fsp3) is 0.583. The van der Waals surface area contributed by atoms with Crippen molar-refractivity contribution in [3.8, 4) is 0 Å². The molecule has 8 heteroatoms. The molecule has 2 aromatic rings. The average molecular weight is 440 g/mol. The molecule has 1 atom stereocenters. The van der Waals surface area contributed by atoms with Gasteiger partial charge in [0.15, 0.2) is 0 Å². The lowest BCUT2D eigenvalue weighted by Gasteiger charge is -2.33. The Morgan fingerprint density at radius 3 is 2.78 bits per heavy atom. The van der Waals surface area contributed by atoms with Gasteiger partial charge in [0.2, 0.25) is 0 Å². The number of carbonyl (C=O) groups is 2. The Kier molecular flexibility index (Phi) is 7.19. The third-order valence-corrected chi connectivity index (χ3v) is 6.63.